The fourth-order valence-electron chi connectivity index (χ4n) is 3.57. The maximum atomic E-state index is 13.3. The van der Waals surface area contributed by atoms with Crippen LogP contribution in [0.1, 0.15) is 38.3 Å². The molecule has 0 saturated carbocycles. The van der Waals surface area contributed by atoms with Crippen molar-refractivity contribution in [2.24, 2.45) is 0 Å². The number of aryl methyl sites for hydroxylation is 1. The average Bonchev–Trinajstić information content (AvgIpc) is 2.82. The molecule has 0 unspecified atom stereocenters. The summed E-state index contributed by atoms with van der Waals surface area (Å²) < 4.78 is 6.72. The fourth-order valence-corrected chi connectivity index (χ4v) is 4.17. The van der Waals surface area contributed by atoms with Gasteiger partial charge in [0.2, 0.25) is 5.91 Å². The highest BCUT2D eigenvalue weighted by molar-refractivity contribution is 9.10. The van der Waals surface area contributed by atoms with Gasteiger partial charge in [-0.1, -0.05) is 61.5 Å². The Hall–Kier alpha value is -2.86. The summed E-state index contributed by atoms with van der Waals surface area (Å²) in [5, 5.41) is 5.08. The smallest absolute Gasteiger partial charge is 0.261 e. The van der Waals surface area contributed by atoms with Gasteiger partial charge in [-0.2, -0.15) is 0 Å². The predicted octanol–water partition coefficient (Wildman–Crippen LogP) is 5.62. The van der Waals surface area contributed by atoms with Crippen LogP contribution in [0.15, 0.2) is 65.1 Å². The van der Waals surface area contributed by atoms with E-state index in [1.54, 1.807) is 11.8 Å². The molecular weight excluding hydrogens is 480 g/mol. The van der Waals surface area contributed by atoms with Gasteiger partial charge >= 0.3 is 0 Å². The molecule has 0 bridgehead atoms. The standard InChI is InChI=1S/C27H31BrN2O3/c1-5-19(3)29-27(32)20(4)30(16-22-12-7-6-10-18(22)2)25(31)17-33-24-15-14-21-11-8-9-13-23(21)26(24)28/h6-15,19-20H,5,16-17H2,1-4H3,(H,29,32)/t19-,20+/m1/s1. The molecule has 33 heavy (non-hydrogen) atoms. The number of nitrogens with zero attached hydrogens (tertiary/aromatic N) is 1. The van der Waals surface area contributed by atoms with E-state index in [0.717, 1.165) is 32.8 Å². The van der Waals surface area contributed by atoms with E-state index in [1.807, 2.05) is 81.4 Å². The van der Waals surface area contributed by atoms with Crippen molar-refractivity contribution >= 4 is 38.5 Å². The normalized spacial score (nSPS) is 12.8. The van der Waals surface area contributed by atoms with Crippen LogP contribution in [0.5, 0.6) is 5.75 Å². The summed E-state index contributed by atoms with van der Waals surface area (Å²) in [6, 6.07) is 19.1. The first-order valence-electron chi connectivity index (χ1n) is 11.3. The van der Waals surface area contributed by atoms with Crippen LogP contribution in [0, 0.1) is 6.92 Å². The maximum absolute atomic E-state index is 13.3. The number of hydrogen-bond acceptors (Lipinski definition) is 3. The molecule has 0 fully saturated rings. The van der Waals surface area contributed by atoms with Crippen LogP contribution in [0.4, 0.5) is 0 Å². The predicted molar refractivity (Wildman–Crippen MR) is 136 cm³/mol. The van der Waals surface area contributed by atoms with Crippen LogP contribution < -0.4 is 10.1 Å². The van der Waals surface area contributed by atoms with Gasteiger partial charge in [-0.3, -0.25) is 9.59 Å². The first-order chi connectivity index (χ1) is 15.8. The molecule has 3 aromatic carbocycles. The number of ether oxygens (including phenoxy) is 1. The van der Waals surface area contributed by atoms with E-state index in [0.29, 0.717) is 12.3 Å². The van der Waals surface area contributed by atoms with Crippen LogP contribution >= 0.6 is 15.9 Å². The minimum Gasteiger partial charge on any atom is -0.483 e. The molecule has 0 aliphatic carbocycles. The third-order valence-electron chi connectivity index (χ3n) is 5.95. The van der Waals surface area contributed by atoms with Crippen LogP contribution in [0.3, 0.4) is 0 Å². The second kappa shape index (κ2) is 11.3. The van der Waals surface area contributed by atoms with Gasteiger partial charge < -0.3 is 15.0 Å². The van der Waals surface area contributed by atoms with Crippen molar-refractivity contribution in [3.63, 3.8) is 0 Å². The third-order valence-corrected chi connectivity index (χ3v) is 6.77. The molecule has 5 nitrogen and oxygen atoms in total. The summed E-state index contributed by atoms with van der Waals surface area (Å²) in [5.41, 5.74) is 2.07. The monoisotopic (exact) mass is 510 g/mol. The van der Waals surface area contributed by atoms with Crippen molar-refractivity contribution in [2.75, 3.05) is 6.61 Å². The number of amides is 2. The number of hydrogen-bond donors (Lipinski definition) is 1. The van der Waals surface area contributed by atoms with Crippen molar-refractivity contribution in [2.45, 2.75) is 52.7 Å². The number of carbonyl (C=O) groups is 2. The molecule has 0 spiro atoms. The van der Waals surface area contributed by atoms with E-state index in [4.69, 9.17) is 4.74 Å². The molecular formula is C27H31BrN2O3. The molecule has 0 radical (unpaired) electrons. The Bertz CT molecular complexity index is 1130. The minimum atomic E-state index is -0.630. The summed E-state index contributed by atoms with van der Waals surface area (Å²) >= 11 is 3.61. The van der Waals surface area contributed by atoms with E-state index in [2.05, 4.69) is 21.2 Å². The van der Waals surface area contributed by atoms with Gasteiger partial charge in [-0.15, -0.1) is 0 Å². The highest BCUT2D eigenvalue weighted by atomic mass is 79.9. The summed E-state index contributed by atoms with van der Waals surface area (Å²) in [6.07, 6.45) is 0.823. The quantitative estimate of drug-likeness (QED) is 0.406. The van der Waals surface area contributed by atoms with E-state index in [1.165, 1.54) is 0 Å². The van der Waals surface area contributed by atoms with E-state index in [9.17, 15) is 9.59 Å². The Balaban J connectivity index is 1.80. The highest BCUT2D eigenvalue weighted by Crippen LogP contribution is 2.33. The molecule has 0 aliphatic heterocycles. The first-order valence-corrected chi connectivity index (χ1v) is 12.1. The topological polar surface area (TPSA) is 58.6 Å². The molecule has 2 atom stereocenters. The van der Waals surface area contributed by atoms with E-state index >= 15 is 0 Å². The SMILES string of the molecule is CC[C@@H](C)NC(=O)[C@H](C)N(Cc1ccccc1C)C(=O)COc1ccc2ccccc2c1Br. The van der Waals surface area contributed by atoms with Crippen molar-refractivity contribution in [3.8, 4) is 5.75 Å². The van der Waals surface area contributed by atoms with Crippen LogP contribution in [-0.2, 0) is 16.1 Å². The Morgan fingerprint density at radius 1 is 1.03 bits per heavy atom. The molecule has 174 valence electrons. The van der Waals surface area contributed by atoms with Gasteiger partial charge in [0.05, 0.1) is 4.47 Å². The van der Waals surface area contributed by atoms with Crippen LogP contribution in [-0.4, -0.2) is 35.4 Å². The largest absolute Gasteiger partial charge is 0.483 e. The molecule has 6 heteroatoms. The molecule has 0 aromatic heterocycles. The number of rotatable bonds is 9. The lowest BCUT2D eigenvalue weighted by Gasteiger charge is -2.30. The molecule has 0 saturated heterocycles. The second-order valence-corrected chi connectivity index (χ2v) is 9.12. The number of halogens is 1. The minimum absolute atomic E-state index is 0.0418. The Labute approximate surface area is 204 Å². The van der Waals surface area contributed by atoms with Crippen molar-refractivity contribution < 1.29 is 14.3 Å². The summed E-state index contributed by atoms with van der Waals surface area (Å²) in [5.74, 6) is 0.179. The number of carbonyl (C=O) groups excluding carboxylic acids is 2. The fraction of sp³-hybridized carbons (Fsp3) is 0.333. The van der Waals surface area contributed by atoms with Crippen LogP contribution in [0.25, 0.3) is 10.8 Å². The first kappa shape index (κ1) is 24.8. The molecule has 3 aromatic rings. The number of benzene rings is 3. The summed E-state index contributed by atoms with van der Waals surface area (Å²) in [6.45, 7) is 7.91. The Kier molecular flexibility index (Phi) is 8.50. The van der Waals surface area contributed by atoms with Gasteiger partial charge in [0.25, 0.3) is 5.91 Å². The molecule has 1 N–H and O–H groups in total. The van der Waals surface area contributed by atoms with Gasteiger partial charge in [0.15, 0.2) is 6.61 Å². The van der Waals surface area contributed by atoms with Gasteiger partial charge in [0.1, 0.15) is 11.8 Å². The Morgan fingerprint density at radius 3 is 2.45 bits per heavy atom. The lowest BCUT2D eigenvalue weighted by Crippen LogP contribution is -2.50. The lowest BCUT2D eigenvalue weighted by atomic mass is 10.1. The van der Waals surface area contributed by atoms with Crippen molar-refractivity contribution in [3.05, 3.63) is 76.3 Å². The van der Waals surface area contributed by atoms with Crippen molar-refractivity contribution in [1.29, 1.82) is 0 Å². The average molecular weight is 511 g/mol. The zero-order valence-electron chi connectivity index (χ0n) is 19.6. The molecule has 0 heterocycles. The number of fused-ring (bicyclic) bond motifs is 1. The van der Waals surface area contributed by atoms with Crippen LogP contribution in [0.2, 0.25) is 0 Å². The van der Waals surface area contributed by atoms with Crippen molar-refractivity contribution in [1.82, 2.24) is 10.2 Å². The molecule has 3 rings (SSSR count). The molecule has 2 amide bonds. The zero-order valence-corrected chi connectivity index (χ0v) is 21.2. The maximum Gasteiger partial charge on any atom is 0.261 e. The van der Waals surface area contributed by atoms with E-state index in [-0.39, 0.29) is 24.5 Å². The zero-order chi connectivity index (χ0) is 24.0. The summed E-state index contributed by atoms with van der Waals surface area (Å²) in [4.78, 5) is 27.8. The van der Waals surface area contributed by atoms with E-state index < -0.39 is 6.04 Å². The number of nitrogens with one attached hydrogen (secondary N) is 1. The van der Waals surface area contributed by atoms with Gasteiger partial charge in [-0.05, 0) is 71.1 Å². The third kappa shape index (κ3) is 6.14. The summed E-state index contributed by atoms with van der Waals surface area (Å²) in [7, 11) is 0. The highest BCUT2D eigenvalue weighted by Gasteiger charge is 2.27. The second-order valence-electron chi connectivity index (χ2n) is 8.33. The lowest BCUT2D eigenvalue weighted by molar-refractivity contribution is -0.142. The molecule has 0 aliphatic rings. The van der Waals surface area contributed by atoms with Gasteiger partial charge in [-0.25, -0.2) is 0 Å². The Morgan fingerprint density at radius 2 is 1.73 bits per heavy atom. The van der Waals surface area contributed by atoms with Gasteiger partial charge in [0, 0.05) is 12.6 Å².